The highest BCUT2D eigenvalue weighted by molar-refractivity contribution is 5.80. The van der Waals surface area contributed by atoms with Gasteiger partial charge in [-0.05, 0) is 89.9 Å². The second kappa shape index (κ2) is 40.2. The highest BCUT2D eigenvalue weighted by Gasteiger charge is 2.28. The highest BCUT2D eigenvalue weighted by atomic mass is 16.3. The maximum Gasteiger partial charge on any atom is 0.249 e. The molecule has 6 heteroatoms. The summed E-state index contributed by atoms with van der Waals surface area (Å²) in [5.74, 6) is -0.607. The highest BCUT2D eigenvalue weighted by Crippen LogP contribution is 2.14. The minimum atomic E-state index is -1.30. The van der Waals surface area contributed by atoms with Crippen molar-refractivity contribution in [3.63, 3.8) is 0 Å². The minimum Gasteiger partial charge on any atom is -0.394 e. The lowest BCUT2D eigenvalue weighted by Gasteiger charge is -2.27. The molecule has 0 heterocycles. The van der Waals surface area contributed by atoms with E-state index >= 15 is 0 Å². The van der Waals surface area contributed by atoms with Crippen molar-refractivity contribution >= 4 is 5.91 Å². The molecule has 0 saturated heterocycles. The molecule has 0 aliphatic rings. The zero-order valence-electron chi connectivity index (χ0n) is 33.8. The third kappa shape index (κ3) is 33.8. The van der Waals surface area contributed by atoms with Gasteiger partial charge in [-0.15, -0.1) is 0 Å². The number of unbranched alkanes of at least 4 members (excludes halogenated alkanes) is 20. The Bertz CT molecular complexity index is 910. The molecule has 0 radical (unpaired) electrons. The SMILES string of the molecule is CCCCC/C=C\C=C/CCCCCCCCCCCC(O)C(=O)NC(CO)C(O)C(O)CCC/C=C/CC/C=C/CC/C=C/CCCCCCC. The first-order valence-electron chi connectivity index (χ1n) is 21.7. The number of carbonyl (C=O) groups is 1. The molecule has 302 valence electrons. The summed E-state index contributed by atoms with van der Waals surface area (Å²) in [6.07, 6.45) is 49.5. The van der Waals surface area contributed by atoms with Crippen LogP contribution in [0.3, 0.4) is 0 Å². The number of hydrogen-bond acceptors (Lipinski definition) is 5. The van der Waals surface area contributed by atoms with Crippen molar-refractivity contribution in [3.05, 3.63) is 60.8 Å². The molecule has 0 saturated carbocycles. The summed E-state index contributed by atoms with van der Waals surface area (Å²) < 4.78 is 0. The van der Waals surface area contributed by atoms with Crippen molar-refractivity contribution in [3.8, 4) is 0 Å². The smallest absolute Gasteiger partial charge is 0.249 e. The molecule has 0 aliphatic carbocycles. The molecule has 0 aliphatic heterocycles. The number of nitrogens with one attached hydrogen (secondary N) is 1. The van der Waals surface area contributed by atoms with Gasteiger partial charge in [-0.3, -0.25) is 4.79 Å². The Labute approximate surface area is 321 Å². The third-order valence-electron chi connectivity index (χ3n) is 9.68. The Hall–Kier alpha value is -1.99. The average molecular weight is 730 g/mol. The van der Waals surface area contributed by atoms with E-state index in [1.807, 2.05) is 0 Å². The van der Waals surface area contributed by atoms with E-state index in [0.717, 1.165) is 57.8 Å². The largest absolute Gasteiger partial charge is 0.394 e. The lowest BCUT2D eigenvalue weighted by Crippen LogP contribution is -2.53. The molecule has 0 fully saturated rings. The van der Waals surface area contributed by atoms with Crippen molar-refractivity contribution in [2.45, 2.75) is 218 Å². The summed E-state index contributed by atoms with van der Waals surface area (Å²) in [7, 11) is 0. The van der Waals surface area contributed by atoms with Crippen LogP contribution in [-0.2, 0) is 4.79 Å². The summed E-state index contributed by atoms with van der Waals surface area (Å²) in [6, 6.07) is -1.02. The summed E-state index contributed by atoms with van der Waals surface area (Å²) in [6.45, 7) is 3.98. The molecule has 0 aromatic rings. The minimum absolute atomic E-state index is 0.350. The fourth-order valence-electron chi connectivity index (χ4n) is 6.19. The Balaban J connectivity index is 3.86. The summed E-state index contributed by atoms with van der Waals surface area (Å²) in [5, 5.41) is 43.6. The van der Waals surface area contributed by atoms with Crippen molar-refractivity contribution in [1.29, 1.82) is 0 Å². The van der Waals surface area contributed by atoms with Gasteiger partial charge in [0.2, 0.25) is 5.91 Å². The first-order valence-corrected chi connectivity index (χ1v) is 21.7. The Morgan fingerprint density at radius 2 is 0.865 bits per heavy atom. The van der Waals surface area contributed by atoms with Gasteiger partial charge in [-0.1, -0.05) is 164 Å². The van der Waals surface area contributed by atoms with Crippen LogP contribution in [0.2, 0.25) is 0 Å². The molecule has 52 heavy (non-hydrogen) atoms. The van der Waals surface area contributed by atoms with Crippen LogP contribution in [0.5, 0.6) is 0 Å². The van der Waals surface area contributed by atoms with Crippen LogP contribution in [-0.4, -0.2) is 57.3 Å². The van der Waals surface area contributed by atoms with E-state index in [-0.39, 0.29) is 0 Å². The second-order valence-corrected chi connectivity index (χ2v) is 14.7. The third-order valence-corrected chi connectivity index (χ3v) is 9.68. The van der Waals surface area contributed by atoms with Gasteiger partial charge in [0.1, 0.15) is 12.2 Å². The fraction of sp³-hybridized carbons (Fsp3) is 0.761. The monoisotopic (exact) mass is 730 g/mol. The van der Waals surface area contributed by atoms with E-state index in [1.165, 1.54) is 103 Å². The zero-order chi connectivity index (χ0) is 38.2. The molecule has 5 N–H and O–H groups in total. The van der Waals surface area contributed by atoms with Gasteiger partial charge >= 0.3 is 0 Å². The van der Waals surface area contributed by atoms with Gasteiger partial charge < -0.3 is 25.7 Å². The number of carbonyl (C=O) groups excluding carboxylic acids is 1. The molecule has 0 spiro atoms. The molecule has 0 rings (SSSR count). The molecule has 0 aromatic carbocycles. The predicted octanol–water partition coefficient (Wildman–Crippen LogP) is 11.3. The van der Waals surface area contributed by atoms with Gasteiger partial charge in [-0.2, -0.15) is 0 Å². The quantitative estimate of drug-likeness (QED) is 0.0247. The van der Waals surface area contributed by atoms with Crippen LogP contribution in [0.1, 0.15) is 194 Å². The molecule has 0 bridgehead atoms. The molecule has 1 amide bonds. The number of amides is 1. The number of aliphatic hydroxyl groups is 4. The number of allylic oxidation sites excluding steroid dienone is 10. The first-order chi connectivity index (χ1) is 25.5. The Kier molecular flexibility index (Phi) is 38.7. The molecular weight excluding hydrogens is 647 g/mol. The van der Waals surface area contributed by atoms with Gasteiger partial charge in [0.25, 0.3) is 0 Å². The molecular formula is C46H83NO5. The van der Waals surface area contributed by atoms with Gasteiger partial charge in [0.05, 0.1) is 18.8 Å². The summed E-state index contributed by atoms with van der Waals surface area (Å²) in [5.41, 5.74) is 0. The van der Waals surface area contributed by atoms with Crippen molar-refractivity contribution in [2.75, 3.05) is 6.61 Å². The van der Waals surface area contributed by atoms with Crippen LogP contribution in [0, 0.1) is 0 Å². The maximum atomic E-state index is 12.5. The van der Waals surface area contributed by atoms with Crippen LogP contribution in [0.4, 0.5) is 0 Å². The molecule has 0 aromatic heterocycles. The van der Waals surface area contributed by atoms with E-state index in [9.17, 15) is 25.2 Å². The summed E-state index contributed by atoms with van der Waals surface area (Å²) >= 11 is 0. The number of aliphatic hydroxyl groups excluding tert-OH is 4. The number of rotatable bonds is 38. The van der Waals surface area contributed by atoms with Gasteiger partial charge in [0.15, 0.2) is 0 Å². The first kappa shape index (κ1) is 50.0. The van der Waals surface area contributed by atoms with Crippen molar-refractivity contribution in [2.24, 2.45) is 0 Å². The van der Waals surface area contributed by atoms with E-state index in [4.69, 9.17) is 0 Å². The summed E-state index contributed by atoms with van der Waals surface area (Å²) in [4.78, 5) is 12.5. The predicted molar refractivity (Wildman–Crippen MR) is 223 cm³/mol. The maximum absolute atomic E-state index is 12.5. The average Bonchev–Trinajstić information content (AvgIpc) is 3.15. The Morgan fingerprint density at radius 3 is 1.37 bits per heavy atom. The Morgan fingerprint density at radius 1 is 0.481 bits per heavy atom. The lowest BCUT2D eigenvalue weighted by atomic mass is 10.00. The lowest BCUT2D eigenvalue weighted by molar-refractivity contribution is -0.132. The van der Waals surface area contributed by atoms with Gasteiger partial charge in [-0.25, -0.2) is 0 Å². The molecule has 4 unspecified atom stereocenters. The van der Waals surface area contributed by atoms with Crippen LogP contribution in [0.25, 0.3) is 0 Å². The zero-order valence-corrected chi connectivity index (χ0v) is 33.8. The standard InChI is InChI=1S/C46H83NO5/c1-3-5-7-9-11-13-15-17-19-21-23-25-27-29-31-33-35-37-39-43(49)45(51)42(41-48)47-46(52)44(50)40-38-36-34-32-30-28-26-24-22-20-18-16-14-12-10-8-6-4-2/h12,14-18,23,25,31,33,42-45,48-51H,3-11,13,19-22,24,26-30,32,34-41H2,1-2H3,(H,47,52)/b14-12-,17-15+,18-16-,25-23+,33-31+. The van der Waals surface area contributed by atoms with E-state index < -0.39 is 36.9 Å². The van der Waals surface area contributed by atoms with Crippen molar-refractivity contribution < 1.29 is 25.2 Å². The van der Waals surface area contributed by atoms with Crippen LogP contribution >= 0.6 is 0 Å². The van der Waals surface area contributed by atoms with Gasteiger partial charge in [0, 0.05) is 0 Å². The van der Waals surface area contributed by atoms with E-state index in [0.29, 0.717) is 19.3 Å². The number of hydrogen-bond donors (Lipinski definition) is 5. The van der Waals surface area contributed by atoms with Crippen LogP contribution < -0.4 is 5.32 Å². The van der Waals surface area contributed by atoms with E-state index in [1.54, 1.807) is 0 Å². The molecule has 4 atom stereocenters. The topological polar surface area (TPSA) is 110 Å². The fourth-order valence-corrected chi connectivity index (χ4v) is 6.19. The normalized spacial score (nSPS) is 14.8. The molecule has 6 nitrogen and oxygen atoms in total. The second-order valence-electron chi connectivity index (χ2n) is 14.7. The van der Waals surface area contributed by atoms with Crippen LogP contribution in [0.15, 0.2) is 60.8 Å². The van der Waals surface area contributed by atoms with Crippen molar-refractivity contribution in [1.82, 2.24) is 5.32 Å². The van der Waals surface area contributed by atoms with E-state index in [2.05, 4.69) is 79.9 Å².